The van der Waals surface area contributed by atoms with Crippen LogP contribution in [-0.4, -0.2) is 41.6 Å². The van der Waals surface area contributed by atoms with E-state index in [1.165, 1.54) is 102 Å². The quantitative estimate of drug-likeness (QED) is 0.0564. The number of carbonyl (C=O) groups excluding carboxylic acids is 2. The zero-order chi connectivity index (χ0) is 39.4. The second-order valence-electron chi connectivity index (χ2n) is 19.1. The van der Waals surface area contributed by atoms with E-state index >= 15 is 0 Å². The molecule has 1 aromatic carbocycles. The number of amides is 2. The molecule has 4 aliphatic carbocycles. The number of benzene rings is 1. The Hall–Kier alpha value is -2.58. The van der Waals surface area contributed by atoms with E-state index in [0.29, 0.717) is 24.1 Å². The van der Waals surface area contributed by atoms with Crippen molar-refractivity contribution in [2.24, 2.45) is 46.3 Å². The minimum atomic E-state index is -0.230. The number of alkyl carbamates (subject to hydrolysis) is 1. The molecule has 8 nitrogen and oxygen atoms in total. The van der Waals surface area contributed by atoms with Gasteiger partial charge >= 0.3 is 6.09 Å². The molecule has 55 heavy (non-hydrogen) atoms. The van der Waals surface area contributed by atoms with Crippen molar-refractivity contribution in [1.29, 1.82) is 0 Å². The largest absolute Gasteiger partial charge is 0.446 e. The van der Waals surface area contributed by atoms with Gasteiger partial charge in [0.25, 0.3) is 5.91 Å². The van der Waals surface area contributed by atoms with E-state index in [-0.39, 0.29) is 34.4 Å². The number of allylic oxidation sites excluding steroid dienone is 1. The van der Waals surface area contributed by atoms with Crippen LogP contribution in [0.15, 0.2) is 35.9 Å². The fourth-order valence-corrected chi connectivity index (χ4v) is 11.9. The maximum absolute atomic E-state index is 12.8. The Morgan fingerprint density at radius 1 is 0.782 bits per heavy atom. The number of anilines is 1. The first-order chi connectivity index (χ1) is 26.4. The Kier molecular flexibility index (Phi) is 16.4. The predicted octanol–water partition coefficient (Wildman–Crippen LogP) is 12.0. The Morgan fingerprint density at radius 3 is 2.05 bits per heavy atom. The Morgan fingerprint density at radius 2 is 1.42 bits per heavy atom. The van der Waals surface area contributed by atoms with E-state index in [1.807, 2.05) is 0 Å². The highest BCUT2D eigenvalue weighted by Gasteiger charge is 2.59. The number of rotatable bonds is 21. The third kappa shape index (κ3) is 11.5. The zero-order valence-corrected chi connectivity index (χ0v) is 35.3. The Labute approximate surface area is 333 Å². The highest BCUT2D eigenvalue weighted by molar-refractivity contribution is 5.94. The monoisotopic (exact) mass is 764 g/mol. The minimum absolute atomic E-state index is 0.0113. The van der Waals surface area contributed by atoms with Crippen LogP contribution in [-0.2, 0) is 4.74 Å². The molecule has 3 saturated carbocycles. The van der Waals surface area contributed by atoms with Crippen LogP contribution in [0.2, 0.25) is 0 Å². The second-order valence-corrected chi connectivity index (χ2v) is 19.1. The molecule has 5 rings (SSSR count). The number of nitrogens with one attached hydrogen (secondary N) is 2. The highest BCUT2D eigenvalue weighted by Crippen LogP contribution is 2.67. The van der Waals surface area contributed by atoms with Crippen molar-refractivity contribution >= 4 is 17.7 Å². The van der Waals surface area contributed by atoms with Crippen molar-refractivity contribution in [1.82, 2.24) is 10.6 Å². The lowest BCUT2D eigenvalue weighted by Gasteiger charge is -2.58. The molecule has 0 radical (unpaired) electrons. The third-order valence-electron chi connectivity index (χ3n) is 15.1. The van der Waals surface area contributed by atoms with Gasteiger partial charge in [0, 0.05) is 25.1 Å². The molecule has 1 unspecified atom stereocenters. The number of fused-ring (bicyclic) bond motifs is 5. The molecule has 0 aliphatic heterocycles. The van der Waals surface area contributed by atoms with Crippen molar-refractivity contribution < 1.29 is 24.7 Å². The molecule has 310 valence electrons. The average molecular weight is 764 g/mol. The summed E-state index contributed by atoms with van der Waals surface area (Å²) in [6, 6.07) is 6.12. The molecule has 3 fully saturated rings. The van der Waals surface area contributed by atoms with Gasteiger partial charge in [-0.05, 0) is 128 Å². The third-order valence-corrected chi connectivity index (χ3v) is 15.1. The molecule has 8 atom stereocenters. The van der Waals surface area contributed by atoms with Gasteiger partial charge in [-0.2, -0.15) is 0 Å². The van der Waals surface area contributed by atoms with E-state index in [2.05, 4.69) is 51.3 Å². The standard InChI is InChI=1S/C47H77N3O5/c1-34(2)17-16-18-35(3)41-25-26-42-40-24-21-37-33-39(27-29-46(37,4)43(40)28-30-47(41,42)5)55-45(52)49-32-15-13-11-9-7-6-8-10-12-14-31-48-44(51)36-19-22-38(23-20-36)50(53)54/h19-23,34-35,39-43,53-54H,6-18,24-33H2,1-5H3,(H,48,51)(H,49,52)/t35-,39?,40+,41-,42+,43+,46+,47-/m1/s1. The Balaban J connectivity index is 0.888. The number of ether oxygens (including phenoxy) is 1. The van der Waals surface area contributed by atoms with Gasteiger partial charge in [-0.15, -0.1) is 5.23 Å². The van der Waals surface area contributed by atoms with Gasteiger partial charge in [0.1, 0.15) is 6.10 Å². The molecule has 0 bridgehead atoms. The van der Waals surface area contributed by atoms with Gasteiger partial charge in [-0.25, -0.2) is 4.79 Å². The molecule has 8 heteroatoms. The van der Waals surface area contributed by atoms with E-state index in [0.717, 1.165) is 80.5 Å². The van der Waals surface area contributed by atoms with Crippen LogP contribution in [0.25, 0.3) is 0 Å². The lowest BCUT2D eigenvalue weighted by atomic mass is 9.47. The van der Waals surface area contributed by atoms with Crippen molar-refractivity contribution in [2.45, 2.75) is 176 Å². The number of nitrogens with zero attached hydrogens (tertiary/aromatic N) is 1. The summed E-state index contributed by atoms with van der Waals surface area (Å²) in [6.45, 7) is 13.9. The van der Waals surface area contributed by atoms with Crippen LogP contribution in [0.3, 0.4) is 0 Å². The summed E-state index contributed by atoms with van der Waals surface area (Å²) < 4.78 is 6.02. The van der Waals surface area contributed by atoms with E-state index < -0.39 is 0 Å². The normalized spacial score (nSPS) is 29.1. The predicted molar refractivity (Wildman–Crippen MR) is 222 cm³/mol. The average Bonchev–Trinajstić information content (AvgIpc) is 3.52. The summed E-state index contributed by atoms with van der Waals surface area (Å²) >= 11 is 0. The molecule has 1 aromatic rings. The highest BCUT2D eigenvalue weighted by atomic mass is 16.8. The summed E-state index contributed by atoms with van der Waals surface area (Å²) in [6.07, 6.45) is 28.1. The van der Waals surface area contributed by atoms with Crippen molar-refractivity contribution in [3.8, 4) is 0 Å². The van der Waals surface area contributed by atoms with Crippen LogP contribution in [0.1, 0.15) is 180 Å². The van der Waals surface area contributed by atoms with Gasteiger partial charge in [-0.1, -0.05) is 117 Å². The number of carbonyl (C=O) groups is 2. The number of unbranched alkanes of at least 4 members (excludes halogenated alkanes) is 9. The van der Waals surface area contributed by atoms with Crippen molar-refractivity contribution in [3.63, 3.8) is 0 Å². The first-order valence-corrected chi connectivity index (χ1v) is 22.6. The summed E-state index contributed by atoms with van der Waals surface area (Å²) in [7, 11) is 0. The fraction of sp³-hybridized carbons (Fsp3) is 0.787. The SMILES string of the molecule is CC(C)CCC[C@@H](C)[C@H]1CC[C@H]2[C@@H]3CC=C4CC(OC(=O)NCCCCCCCCCCCCNC(=O)c5ccc(N(O)O)cc5)CC[C@]4(C)[C@H]3CC[C@]12C. The molecule has 0 saturated heterocycles. The van der Waals surface area contributed by atoms with Crippen molar-refractivity contribution in [3.05, 3.63) is 41.5 Å². The molecule has 4 N–H and O–H groups in total. The van der Waals surface area contributed by atoms with E-state index in [1.54, 1.807) is 17.7 Å². The topological polar surface area (TPSA) is 111 Å². The summed E-state index contributed by atoms with van der Waals surface area (Å²) in [5, 5.41) is 24.0. The summed E-state index contributed by atoms with van der Waals surface area (Å²) in [4.78, 5) is 25.0. The van der Waals surface area contributed by atoms with E-state index in [9.17, 15) is 9.59 Å². The van der Waals surface area contributed by atoms with E-state index in [4.69, 9.17) is 15.2 Å². The van der Waals surface area contributed by atoms with Gasteiger partial charge in [0.15, 0.2) is 0 Å². The number of hydrogen-bond acceptors (Lipinski definition) is 6. The van der Waals surface area contributed by atoms with Crippen LogP contribution >= 0.6 is 0 Å². The molecule has 4 aliphatic rings. The molecular weight excluding hydrogens is 687 g/mol. The molecule has 0 aromatic heterocycles. The fourth-order valence-electron chi connectivity index (χ4n) is 11.9. The second kappa shape index (κ2) is 20.7. The van der Waals surface area contributed by atoms with Crippen LogP contribution in [0.4, 0.5) is 10.5 Å². The van der Waals surface area contributed by atoms with Crippen LogP contribution < -0.4 is 15.9 Å². The smallest absolute Gasteiger partial charge is 0.407 e. The van der Waals surface area contributed by atoms with Crippen molar-refractivity contribution in [2.75, 3.05) is 18.3 Å². The number of hydrogen-bond donors (Lipinski definition) is 4. The molecular formula is C47H77N3O5. The molecule has 2 amide bonds. The lowest BCUT2D eigenvalue weighted by molar-refractivity contribution is -0.0581. The van der Waals surface area contributed by atoms with Gasteiger partial charge < -0.3 is 15.4 Å². The molecule has 0 spiro atoms. The molecule has 0 heterocycles. The van der Waals surface area contributed by atoms with Gasteiger partial charge in [0.05, 0.1) is 5.69 Å². The summed E-state index contributed by atoms with van der Waals surface area (Å²) in [5.74, 6) is 4.94. The Bertz CT molecular complexity index is 1380. The summed E-state index contributed by atoms with van der Waals surface area (Å²) in [5.41, 5.74) is 3.11. The maximum Gasteiger partial charge on any atom is 0.407 e. The first-order valence-electron chi connectivity index (χ1n) is 22.6. The zero-order valence-electron chi connectivity index (χ0n) is 35.3. The van der Waals surface area contributed by atoms with Crippen LogP contribution in [0, 0.1) is 46.3 Å². The maximum atomic E-state index is 12.8. The van der Waals surface area contributed by atoms with Gasteiger partial charge in [-0.3, -0.25) is 15.2 Å². The lowest BCUT2D eigenvalue weighted by Crippen LogP contribution is -2.51. The minimum Gasteiger partial charge on any atom is -0.446 e. The first kappa shape index (κ1) is 43.5. The van der Waals surface area contributed by atoms with Gasteiger partial charge in [0.2, 0.25) is 0 Å². The van der Waals surface area contributed by atoms with Crippen LogP contribution in [0.5, 0.6) is 0 Å².